The zero-order valence-corrected chi connectivity index (χ0v) is 17.2. The Morgan fingerprint density at radius 2 is 1.59 bits per heavy atom. The molecule has 3 aromatic carbocycles. The first kappa shape index (κ1) is 19.1. The van der Waals surface area contributed by atoms with Crippen molar-refractivity contribution in [1.29, 1.82) is 0 Å². The first-order valence-electron chi connectivity index (χ1n) is 10.0. The van der Waals surface area contributed by atoms with Gasteiger partial charge in [-0.2, -0.15) is 0 Å². The van der Waals surface area contributed by atoms with Gasteiger partial charge in [0.15, 0.2) is 11.5 Å². The fourth-order valence-corrected chi connectivity index (χ4v) is 4.15. The van der Waals surface area contributed by atoms with Crippen molar-refractivity contribution >= 4 is 6.08 Å². The molecule has 0 aromatic heterocycles. The highest BCUT2D eigenvalue weighted by Gasteiger charge is 2.28. The van der Waals surface area contributed by atoms with Gasteiger partial charge in [0.1, 0.15) is 0 Å². The highest BCUT2D eigenvalue weighted by Crippen LogP contribution is 2.39. The lowest BCUT2D eigenvalue weighted by atomic mass is 9.89. The van der Waals surface area contributed by atoms with E-state index in [-0.39, 0.29) is 12.1 Å². The van der Waals surface area contributed by atoms with Gasteiger partial charge in [0, 0.05) is 6.20 Å². The standard InChI is InChI=1S/C26H27NO2/c1-19(21-9-5-4-6-10-21)27-16-15-22-11-7-8-12-23(22)24(27)17-20-13-14-25(28-2)26(18-20)29-3/h4-16,18-19,24H,17H2,1-3H3/t19-,24+/m1/s1. The Morgan fingerprint density at radius 3 is 2.34 bits per heavy atom. The lowest BCUT2D eigenvalue weighted by Gasteiger charge is -2.39. The first-order valence-corrected chi connectivity index (χ1v) is 10.0. The number of fused-ring (bicyclic) bond motifs is 1. The Bertz CT molecular complexity index is 997. The maximum Gasteiger partial charge on any atom is 0.160 e. The third kappa shape index (κ3) is 3.86. The second-order valence-corrected chi connectivity index (χ2v) is 7.39. The fraction of sp³-hybridized carbons (Fsp3) is 0.231. The van der Waals surface area contributed by atoms with E-state index in [1.54, 1.807) is 14.2 Å². The van der Waals surface area contributed by atoms with Crippen LogP contribution in [0.5, 0.6) is 11.5 Å². The van der Waals surface area contributed by atoms with Gasteiger partial charge in [-0.15, -0.1) is 0 Å². The Labute approximate surface area is 173 Å². The molecular weight excluding hydrogens is 358 g/mol. The third-order valence-corrected chi connectivity index (χ3v) is 5.75. The zero-order chi connectivity index (χ0) is 20.2. The van der Waals surface area contributed by atoms with E-state index in [1.165, 1.54) is 22.3 Å². The molecule has 0 aliphatic carbocycles. The Hall–Kier alpha value is -3.20. The van der Waals surface area contributed by atoms with Gasteiger partial charge < -0.3 is 14.4 Å². The third-order valence-electron chi connectivity index (χ3n) is 5.75. The molecule has 1 aliphatic heterocycles. The van der Waals surface area contributed by atoms with Crippen LogP contribution < -0.4 is 9.47 Å². The van der Waals surface area contributed by atoms with Crippen molar-refractivity contribution < 1.29 is 9.47 Å². The molecule has 0 spiro atoms. The molecule has 3 nitrogen and oxygen atoms in total. The van der Waals surface area contributed by atoms with E-state index < -0.39 is 0 Å². The highest BCUT2D eigenvalue weighted by molar-refractivity contribution is 5.57. The lowest BCUT2D eigenvalue weighted by Crippen LogP contribution is -2.30. The Kier molecular flexibility index (Phi) is 5.57. The van der Waals surface area contributed by atoms with Gasteiger partial charge in [0.2, 0.25) is 0 Å². The predicted molar refractivity (Wildman–Crippen MR) is 118 cm³/mol. The van der Waals surface area contributed by atoms with Crippen molar-refractivity contribution in [3.05, 3.63) is 101 Å². The average Bonchev–Trinajstić information content (AvgIpc) is 2.79. The van der Waals surface area contributed by atoms with Gasteiger partial charge in [-0.05, 0) is 53.8 Å². The quantitative estimate of drug-likeness (QED) is 0.517. The van der Waals surface area contributed by atoms with E-state index in [1.807, 2.05) is 6.07 Å². The number of hydrogen-bond acceptors (Lipinski definition) is 3. The van der Waals surface area contributed by atoms with Crippen LogP contribution in [-0.4, -0.2) is 19.1 Å². The minimum atomic E-state index is 0.240. The highest BCUT2D eigenvalue weighted by atomic mass is 16.5. The van der Waals surface area contributed by atoms with Crippen molar-refractivity contribution in [1.82, 2.24) is 4.90 Å². The van der Waals surface area contributed by atoms with Gasteiger partial charge in [0.25, 0.3) is 0 Å². The number of methoxy groups -OCH3 is 2. The van der Waals surface area contributed by atoms with Gasteiger partial charge in [-0.1, -0.05) is 60.7 Å². The van der Waals surface area contributed by atoms with Crippen LogP contribution in [0.25, 0.3) is 6.08 Å². The minimum Gasteiger partial charge on any atom is -0.493 e. The number of ether oxygens (including phenoxy) is 2. The van der Waals surface area contributed by atoms with Crippen molar-refractivity contribution in [2.45, 2.75) is 25.4 Å². The number of hydrogen-bond donors (Lipinski definition) is 0. The second-order valence-electron chi connectivity index (χ2n) is 7.39. The molecule has 0 radical (unpaired) electrons. The average molecular weight is 386 g/mol. The molecule has 29 heavy (non-hydrogen) atoms. The maximum atomic E-state index is 5.53. The van der Waals surface area contributed by atoms with E-state index in [4.69, 9.17) is 9.47 Å². The SMILES string of the molecule is COc1ccc(C[C@H]2c3ccccc3C=CN2[C@H](C)c2ccccc2)cc1OC. The summed E-state index contributed by atoms with van der Waals surface area (Å²) in [5.41, 5.74) is 5.18. The minimum absolute atomic E-state index is 0.240. The zero-order valence-electron chi connectivity index (χ0n) is 17.2. The van der Waals surface area contributed by atoms with Crippen LogP contribution in [0.1, 0.15) is 41.3 Å². The van der Waals surface area contributed by atoms with Crippen LogP contribution in [0.3, 0.4) is 0 Å². The lowest BCUT2D eigenvalue weighted by molar-refractivity contribution is 0.214. The molecule has 0 amide bonds. The van der Waals surface area contributed by atoms with E-state index in [0.717, 1.165) is 17.9 Å². The van der Waals surface area contributed by atoms with Gasteiger partial charge >= 0.3 is 0 Å². The molecule has 0 saturated carbocycles. The largest absolute Gasteiger partial charge is 0.493 e. The summed E-state index contributed by atoms with van der Waals surface area (Å²) in [7, 11) is 3.35. The predicted octanol–water partition coefficient (Wildman–Crippen LogP) is 6.04. The molecule has 0 bridgehead atoms. The summed E-state index contributed by atoms with van der Waals surface area (Å²) < 4.78 is 10.9. The van der Waals surface area contributed by atoms with Gasteiger partial charge in [0.05, 0.1) is 26.3 Å². The molecule has 2 atom stereocenters. The van der Waals surface area contributed by atoms with Crippen molar-refractivity contribution in [3.63, 3.8) is 0 Å². The summed E-state index contributed by atoms with van der Waals surface area (Å²) in [4.78, 5) is 2.47. The summed E-state index contributed by atoms with van der Waals surface area (Å²) >= 11 is 0. The van der Waals surface area contributed by atoms with Crippen molar-refractivity contribution in [2.24, 2.45) is 0 Å². The second kappa shape index (κ2) is 8.44. The Balaban J connectivity index is 1.71. The first-order chi connectivity index (χ1) is 14.2. The summed E-state index contributed by atoms with van der Waals surface area (Å²) in [5, 5.41) is 0. The van der Waals surface area contributed by atoms with Crippen LogP contribution in [0.4, 0.5) is 0 Å². The number of benzene rings is 3. The summed E-state index contributed by atoms with van der Waals surface area (Å²) in [5.74, 6) is 1.53. The maximum absolute atomic E-state index is 5.53. The normalized spacial score (nSPS) is 16.2. The molecule has 0 unspecified atom stereocenters. The van der Waals surface area contributed by atoms with Crippen molar-refractivity contribution in [2.75, 3.05) is 14.2 Å². The van der Waals surface area contributed by atoms with E-state index in [9.17, 15) is 0 Å². The summed E-state index contributed by atoms with van der Waals surface area (Å²) in [6.45, 7) is 2.27. The summed E-state index contributed by atoms with van der Waals surface area (Å²) in [6.07, 6.45) is 5.35. The molecule has 3 heteroatoms. The van der Waals surface area contributed by atoms with Crippen LogP contribution in [0, 0.1) is 0 Å². The van der Waals surface area contributed by atoms with Crippen LogP contribution in [0.15, 0.2) is 79.0 Å². The van der Waals surface area contributed by atoms with Gasteiger partial charge in [-0.3, -0.25) is 0 Å². The monoisotopic (exact) mass is 385 g/mol. The number of nitrogens with zero attached hydrogens (tertiary/aromatic N) is 1. The molecule has 148 valence electrons. The molecular formula is C26H27NO2. The molecule has 0 fully saturated rings. The van der Waals surface area contributed by atoms with E-state index >= 15 is 0 Å². The van der Waals surface area contributed by atoms with Crippen LogP contribution in [-0.2, 0) is 6.42 Å². The molecule has 4 rings (SSSR count). The molecule has 0 N–H and O–H groups in total. The summed E-state index contributed by atoms with van der Waals surface area (Å²) in [6, 6.07) is 26.1. The fourth-order valence-electron chi connectivity index (χ4n) is 4.15. The van der Waals surface area contributed by atoms with Crippen molar-refractivity contribution in [3.8, 4) is 11.5 Å². The molecule has 1 aliphatic rings. The molecule has 1 heterocycles. The topological polar surface area (TPSA) is 21.7 Å². The smallest absolute Gasteiger partial charge is 0.160 e. The number of rotatable bonds is 6. The molecule has 0 saturated heterocycles. The van der Waals surface area contributed by atoms with Crippen LogP contribution >= 0.6 is 0 Å². The van der Waals surface area contributed by atoms with E-state index in [2.05, 4.69) is 90.8 Å². The van der Waals surface area contributed by atoms with E-state index in [0.29, 0.717) is 0 Å². The van der Waals surface area contributed by atoms with Crippen LogP contribution in [0.2, 0.25) is 0 Å². The molecule has 3 aromatic rings. The van der Waals surface area contributed by atoms with Gasteiger partial charge in [-0.25, -0.2) is 0 Å². The Morgan fingerprint density at radius 1 is 0.862 bits per heavy atom.